The fourth-order valence-electron chi connectivity index (χ4n) is 5.38. The Morgan fingerprint density at radius 1 is 1.22 bits per heavy atom. The van der Waals surface area contributed by atoms with E-state index in [2.05, 4.69) is 19.7 Å². The van der Waals surface area contributed by atoms with E-state index in [1.807, 2.05) is 0 Å². The van der Waals surface area contributed by atoms with Crippen LogP contribution in [0.3, 0.4) is 0 Å². The number of imidazole rings is 1. The summed E-state index contributed by atoms with van der Waals surface area (Å²) in [6, 6.07) is 11.7. The van der Waals surface area contributed by atoms with E-state index >= 15 is 4.39 Å². The molecule has 1 unspecified atom stereocenters. The first-order valence-corrected chi connectivity index (χ1v) is 16.2. The zero-order valence-corrected chi connectivity index (χ0v) is 27.6. The molecule has 262 valence electrons. The Kier molecular flexibility index (Phi) is 9.75. The average Bonchev–Trinajstić information content (AvgIpc) is 3.59. The van der Waals surface area contributed by atoms with Crippen molar-refractivity contribution < 1.29 is 51.4 Å². The van der Waals surface area contributed by atoms with Gasteiger partial charge in [0.15, 0.2) is 35.4 Å². The van der Waals surface area contributed by atoms with Crippen LogP contribution in [0.1, 0.15) is 25.6 Å². The number of methoxy groups -OCH3 is 1. The molecule has 3 heterocycles. The lowest BCUT2D eigenvalue weighted by Crippen LogP contribution is -2.42. The number of alkyl halides is 1. The predicted octanol–water partition coefficient (Wildman–Crippen LogP) is 4.28. The van der Waals surface area contributed by atoms with Gasteiger partial charge in [-0.2, -0.15) is 9.97 Å². The number of halogens is 3. The lowest BCUT2D eigenvalue weighted by molar-refractivity contribution is -0.169. The number of hydrogen-bond donors (Lipinski definition) is 2. The number of nitrogen functional groups attached to an aromatic ring is 1. The van der Waals surface area contributed by atoms with Crippen molar-refractivity contribution in [1.29, 1.82) is 0 Å². The number of carbonyl (C=O) groups excluding carboxylic acids is 1. The van der Waals surface area contributed by atoms with Gasteiger partial charge < -0.3 is 34.7 Å². The largest absolute Gasteiger partial charge is 0.575 e. The third kappa shape index (κ3) is 6.85. The van der Waals surface area contributed by atoms with Crippen LogP contribution in [0, 0.1) is 11.6 Å². The zero-order chi connectivity index (χ0) is 35.7. The van der Waals surface area contributed by atoms with Crippen LogP contribution < -0.4 is 24.6 Å². The second-order valence-corrected chi connectivity index (χ2v) is 12.3. The molecule has 1 aliphatic heterocycles. The second kappa shape index (κ2) is 14.0. The minimum Gasteiger partial charge on any atom is -0.575 e. The van der Waals surface area contributed by atoms with Crippen molar-refractivity contribution in [1.82, 2.24) is 19.5 Å². The number of fused-ring (bicyclic) bond motifs is 2. The molecule has 1 aliphatic rings. The van der Waals surface area contributed by atoms with Crippen molar-refractivity contribution in [3.63, 3.8) is 0 Å². The molecule has 0 bridgehead atoms. The summed E-state index contributed by atoms with van der Waals surface area (Å²) in [4.78, 5) is 37.9. The van der Waals surface area contributed by atoms with Crippen molar-refractivity contribution >= 4 is 42.0 Å². The van der Waals surface area contributed by atoms with Crippen LogP contribution in [-0.4, -0.2) is 68.2 Å². The standard InChI is InChI=1S/C32H30F3N6O8P/c1-16(29(42)47-13-18-8-10-19(33)12-21(18)34)40-50(44)49-25-20-7-5-4-6-17(20)9-11-22(25)46-14-23-26(35)32(2,43)30(48-23)41-15-37-24-27(41)38-31(36)39-28(24)45-3/h4-12,15-16,23,26,30,43H,13-14H2,1-3H3,(H2,36,38,39)/t16-,23+,26+,30+,32+/m0/s1. The number of nitrogens with two attached hydrogens (primary N) is 1. The number of carbonyl (C=O) groups is 1. The molecular weight excluding hydrogens is 684 g/mol. The highest BCUT2D eigenvalue weighted by atomic mass is 31.1. The number of rotatable bonds is 11. The van der Waals surface area contributed by atoms with Crippen LogP contribution in [0.15, 0.2) is 65.7 Å². The molecule has 0 radical (unpaired) electrons. The Labute approximate surface area is 283 Å². The van der Waals surface area contributed by atoms with Gasteiger partial charge in [0.25, 0.3) is 0 Å². The van der Waals surface area contributed by atoms with E-state index in [0.717, 1.165) is 12.1 Å². The van der Waals surface area contributed by atoms with E-state index in [-0.39, 0.29) is 40.1 Å². The first-order valence-electron chi connectivity index (χ1n) is 15.0. The summed E-state index contributed by atoms with van der Waals surface area (Å²) in [6.45, 7) is 1.64. The molecule has 3 aromatic carbocycles. The number of aliphatic hydroxyl groups is 1. The SMILES string of the molecule is COc1nc(N)nc2c1ncn2[C@@H]1O[C@H](COc2ccc3ccccc3c2O[P+]([O-])=N[C@@H](C)C(=O)OCc2ccc(F)cc2F)[C@@H](F)[C@@]1(C)O. The number of ether oxygens (including phenoxy) is 4. The Hall–Kier alpha value is -5.09. The highest BCUT2D eigenvalue weighted by molar-refractivity contribution is 7.34. The third-order valence-corrected chi connectivity index (χ3v) is 8.82. The molecule has 0 saturated carbocycles. The molecule has 50 heavy (non-hydrogen) atoms. The van der Waals surface area contributed by atoms with Crippen molar-refractivity contribution in [2.24, 2.45) is 4.74 Å². The van der Waals surface area contributed by atoms with Gasteiger partial charge in [0.05, 0.1) is 13.4 Å². The average molecular weight is 715 g/mol. The molecule has 0 aliphatic carbocycles. The number of aromatic nitrogens is 4. The monoisotopic (exact) mass is 714 g/mol. The smallest absolute Gasteiger partial charge is 0.395 e. The van der Waals surface area contributed by atoms with Crippen molar-refractivity contribution in [3.8, 4) is 17.4 Å². The predicted molar refractivity (Wildman–Crippen MR) is 171 cm³/mol. The summed E-state index contributed by atoms with van der Waals surface area (Å²) in [5, 5.41) is 12.4. The Morgan fingerprint density at radius 3 is 2.76 bits per heavy atom. The first-order chi connectivity index (χ1) is 23.9. The lowest BCUT2D eigenvalue weighted by atomic mass is 9.98. The molecule has 14 nitrogen and oxygen atoms in total. The maximum absolute atomic E-state index is 15.8. The van der Waals surface area contributed by atoms with E-state index in [0.29, 0.717) is 16.8 Å². The highest BCUT2D eigenvalue weighted by Gasteiger charge is 2.55. The minimum absolute atomic E-state index is 0.0153. The molecule has 18 heteroatoms. The van der Waals surface area contributed by atoms with Gasteiger partial charge in [0.1, 0.15) is 36.6 Å². The van der Waals surface area contributed by atoms with Gasteiger partial charge in [0.2, 0.25) is 17.6 Å². The van der Waals surface area contributed by atoms with E-state index < -0.39 is 69.1 Å². The summed E-state index contributed by atoms with van der Waals surface area (Å²) >= 11 is 0. The Balaban J connectivity index is 1.19. The van der Waals surface area contributed by atoms with Crippen LogP contribution in [0.2, 0.25) is 0 Å². The summed E-state index contributed by atoms with van der Waals surface area (Å²) in [5.74, 6) is -2.62. The molecule has 1 fully saturated rings. The van der Waals surface area contributed by atoms with Crippen LogP contribution in [0.25, 0.3) is 21.9 Å². The number of anilines is 1. The quantitative estimate of drug-likeness (QED) is 0.146. The summed E-state index contributed by atoms with van der Waals surface area (Å²) in [7, 11) is -1.54. The van der Waals surface area contributed by atoms with Gasteiger partial charge in [-0.25, -0.2) is 22.9 Å². The lowest BCUT2D eigenvalue weighted by Gasteiger charge is -2.26. The molecule has 0 amide bonds. The highest BCUT2D eigenvalue weighted by Crippen LogP contribution is 2.44. The normalized spacial score (nSPS) is 21.4. The van der Waals surface area contributed by atoms with E-state index in [1.165, 1.54) is 37.9 Å². The maximum atomic E-state index is 15.8. The van der Waals surface area contributed by atoms with Crippen LogP contribution in [-0.2, 0) is 20.9 Å². The van der Waals surface area contributed by atoms with Gasteiger partial charge in [-0.05, 0) is 37.4 Å². The van der Waals surface area contributed by atoms with Gasteiger partial charge in [-0.1, -0.05) is 35.1 Å². The maximum Gasteiger partial charge on any atom is 0.395 e. The molecule has 1 saturated heterocycles. The van der Waals surface area contributed by atoms with Gasteiger partial charge in [-0.15, -0.1) is 0 Å². The number of esters is 1. The van der Waals surface area contributed by atoms with Crippen LogP contribution in [0.5, 0.6) is 17.4 Å². The zero-order valence-electron chi connectivity index (χ0n) is 26.7. The van der Waals surface area contributed by atoms with E-state index in [1.54, 1.807) is 30.3 Å². The Bertz CT molecular complexity index is 2100. The summed E-state index contributed by atoms with van der Waals surface area (Å²) in [6.07, 6.45) is -3.29. The molecule has 0 spiro atoms. The fraction of sp³-hybridized carbons (Fsp3) is 0.312. The number of nitrogens with zero attached hydrogens (tertiary/aromatic N) is 5. The second-order valence-electron chi connectivity index (χ2n) is 11.5. The van der Waals surface area contributed by atoms with Crippen LogP contribution in [0.4, 0.5) is 19.1 Å². The summed E-state index contributed by atoms with van der Waals surface area (Å²) < 4.78 is 75.9. The molecule has 3 N–H and O–H groups in total. The van der Waals surface area contributed by atoms with Gasteiger partial charge in [0, 0.05) is 17.0 Å². The van der Waals surface area contributed by atoms with Crippen molar-refractivity contribution in [3.05, 3.63) is 78.1 Å². The van der Waals surface area contributed by atoms with E-state index in [9.17, 15) is 23.6 Å². The molecular formula is C32H30F3N6O8P. The van der Waals surface area contributed by atoms with Gasteiger partial charge >= 0.3 is 14.1 Å². The summed E-state index contributed by atoms with van der Waals surface area (Å²) in [5.41, 5.74) is 4.04. The third-order valence-electron chi connectivity index (χ3n) is 7.95. The van der Waals surface area contributed by atoms with Crippen molar-refractivity contribution in [2.45, 2.75) is 50.6 Å². The van der Waals surface area contributed by atoms with Crippen LogP contribution >= 0.6 is 8.17 Å². The van der Waals surface area contributed by atoms with Crippen molar-refractivity contribution in [2.75, 3.05) is 19.5 Å². The fourth-order valence-corrected chi connectivity index (χ4v) is 6.15. The molecule has 2 aromatic heterocycles. The first kappa shape index (κ1) is 34.8. The molecule has 6 atom stereocenters. The Morgan fingerprint density at radius 2 is 2.00 bits per heavy atom. The number of hydrogen-bond acceptors (Lipinski definition) is 13. The number of benzene rings is 3. The van der Waals surface area contributed by atoms with E-state index in [4.69, 9.17) is 29.2 Å². The topological polar surface area (TPSA) is 188 Å². The minimum atomic E-state index is -2.91. The molecule has 6 rings (SSSR count). The molecule has 5 aromatic rings. The van der Waals surface area contributed by atoms with Gasteiger partial charge in [-0.3, -0.25) is 9.09 Å².